The smallest absolute Gasteiger partial charge is 0.263 e. The number of fused-ring (bicyclic) bond motifs is 1. The van der Waals surface area contributed by atoms with E-state index in [1.54, 1.807) is 12.3 Å². The average Bonchev–Trinajstić information content (AvgIpc) is 2.46. The number of hydrogen-bond acceptors (Lipinski definition) is 5. The Bertz CT molecular complexity index is 758. The van der Waals surface area contributed by atoms with E-state index < -0.39 is 10.0 Å². The largest absolute Gasteiger partial charge is 0.266 e. The minimum absolute atomic E-state index is 0.198. The van der Waals surface area contributed by atoms with Crippen molar-refractivity contribution in [3.63, 3.8) is 0 Å². The highest BCUT2D eigenvalue weighted by Crippen LogP contribution is 2.30. The fourth-order valence-electron chi connectivity index (χ4n) is 1.76. The van der Waals surface area contributed by atoms with E-state index in [4.69, 9.17) is 0 Å². The van der Waals surface area contributed by atoms with E-state index in [9.17, 15) is 8.42 Å². The van der Waals surface area contributed by atoms with Crippen LogP contribution in [0.2, 0.25) is 0 Å². The fraction of sp³-hybridized carbons (Fsp3) is 0.0769. The normalized spacial score (nSPS) is 18.3. The Morgan fingerprint density at radius 3 is 2.80 bits per heavy atom. The van der Waals surface area contributed by atoms with Gasteiger partial charge in [-0.25, -0.2) is 8.42 Å². The Morgan fingerprint density at radius 2 is 2.00 bits per heavy atom. The third-order valence-corrected chi connectivity index (χ3v) is 5.34. The zero-order valence-corrected chi connectivity index (χ0v) is 12.0. The number of hydrogen-bond donors (Lipinski definition) is 1. The van der Waals surface area contributed by atoms with Crippen molar-refractivity contribution in [3.05, 3.63) is 54.4 Å². The summed E-state index contributed by atoms with van der Waals surface area (Å²) in [4.78, 5) is 9.00. The Balaban J connectivity index is 1.88. The van der Waals surface area contributed by atoms with Crippen molar-refractivity contribution in [2.24, 2.45) is 4.99 Å². The van der Waals surface area contributed by atoms with E-state index >= 15 is 0 Å². The highest BCUT2D eigenvalue weighted by atomic mass is 32.2. The maximum Gasteiger partial charge on any atom is 0.266 e. The van der Waals surface area contributed by atoms with Gasteiger partial charge in [-0.1, -0.05) is 30.3 Å². The molecule has 1 N–H and O–H groups in total. The second-order valence-electron chi connectivity index (χ2n) is 4.14. The van der Waals surface area contributed by atoms with Crippen molar-refractivity contribution in [2.45, 2.75) is 16.3 Å². The summed E-state index contributed by atoms with van der Waals surface area (Å²) in [5, 5.41) is 0.382. The van der Waals surface area contributed by atoms with Gasteiger partial charge in [-0.2, -0.15) is 0 Å². The van der Waals surface area contributed by atoms with Gasteiger partial charge < -0.3 is 0 Å². The summed E-state index contributed by atoms with van der Waals surface area (Å²) in [5.74, 6) is 0. The highest BCUT2D eigenvalue weighted by Gasteiger charge is 2.27. The second kappa shape index (κ2) is 5.26. The number of aromatic nitrogens is 1. The van der Waals surface area contributed by atoms with E-state index in [0.717, 1.165) is 5.56 Å². The van der Waals surface area contributed by atoms with E-state index in [0.29, 0.717) is 16.6 Å². The molecule has 5 nitrogen and oxygen atoms in total. The number of rotatable bonds is 2. The molecule has 2 heterocycles. The Hall–Kier alpha value is -1.86. The Labute approximate surface area is 121 Å². The first-order valence-electron chi connectivity index (χ1n) is 5.88. The van der Waals surface area contributed by atoms with E-state index in [2.05, 4.69) is 14.7 Å². The lowest BCUT2D eigenvalue weighted by atomic mass is 10.2. The van der Waals surface area contributed by atoms with Crippen LogP contribution in [0.15, 0.2) is 63.6 Å². The second-order valence-corrected chi connectivity index (χ2v) is 6.82. The van der Waals surface area contributed by atoms with Gasteiger partial charge in [-0.3, -0.25) is 14.7 Å². The predicted octanol–water partition coefficient (Wildman–Crippen LogP) is 2.02. The van der Waals surface area contributed by atoms with Crippen molar-refractivity contribution in [3.8, 4) is 0 Å². The van der Waals surface area contributed by atoms with Crippen LogP contribution in [-0.4, -0.2) is 18.6 Å². The average molecular weight is 305 g/mol. The molecule has 0 unspecified atom stereocenters. The predicted molar refractivity (Wildman–Crippen MR) is 78.0 cm³/mol. The molecule has 0 saturated carbocycles. The van der Waals surface area contributed by atoms with Gasteiger partial charge in [0.15, 0.2) is 5.17 Å². The zero-order valence-electron chi connectivity index (χ0n) is 10.4. The number of benzene rings is 1. The van der Waals surface area contributed by atoms with Gasteiger partial charge in [0.05, 0.1) is 6.54 Å². The third-order valence-electron chi connectivity index (χ3n) is 2.71. The number of sulfonamides is 1. The van der Waals surface area contributed by atoms with Crippen molar-refractivity contribution in [1.82, 2.24) is 9.71 Å². The molecule has 7 heteroatoms. The van der Waals surface area contributed by atoms with Crippen LogP contribution in [0.1, 0.15) is 5.56 Å². The number of amidine groups is 1. The number of aliphatic imine (C=N–C) groups is 1. The molecule has 0 aliphatic carbocycles. The van der Waals surface area contributed by atoms with Crippen LogP contribution >= 0.6 is 11.8 Å². The summed E-state index contributed by atoms with van der Waals surface area (Å²) in [7, 11) is -3.56. The van der Waals surface area contributed by atoms with Crippen LogP contribution in [0.5, 0.6) is 0 Å². The lowest BCUT2D eigenvalue weighted by Gasteiger charge is -2.18. The molecule has 1 aromatic heterocycles. The molecule has 3 rings (SSSR count). The molecule has 0 bridgehead atoms. The standard InChI is InChI=1S/C13H11N3O2S2/c17-20(18)12-9-14-7-6-11(12)19-13(16-20)15-8-10-4-2-1-3-5-10/h1-7,9H,8H2,(H,15,16). The van der Waals surface area contributed by atoms with Crippen LogP contribution in [0.4, 0.5) is 0 Å². The van der Waals surface area contributed by atoms with Gasteiger partial charge >= 0.3 is 0 Å². The molecule has 1 aliphatic heterocycles. The maximum atomic E-state index is 12.0. The summed E-state index contributed by atoms with van der Waals surface area (Å²) in [6, 6.07) is 11.4. The van der Waals surface area contributed by atoms with Crippen molar-refractivity contribution in [2.75, 3.05) is 0 Å². The molecule has 0 amide bonds. The molecule has 0 atom stereocenters. The number of nitrogens with zero attached hydrogens (tertiary/aromatic N) is 2. The number of thioether (sulfide) groups is 1. The molecule has 0 saturated heterocycles. The van der Waals surface area contributed by atoms with Gasteiger partial charge in [-0.15, -0.1) is 0 Å². The van der Waals surface area contributed by atoms with Gasteiger partial charge in [-0.05, 0) is 23.4 Å². The van der Waals surface area contributed by atoms with Gasteiger partial charge in [0.25, 0.3) is 10.0 Å². The molecule has 0 radical (unpaired) electrons. The SMILES string of the molecule is O=S1(=O)NC(=NCc2ccccc2)Sc2ccncc21. The molecule has 1 aromatic carbocycles. The van der Waals surface area contributed by atoms with Crippen LogP contribution in [0.3, 0.4) is 0 Å². The number of pyridine rings is 1. The minimum Gasteiger partial charge on any atom is -0.263 e. The summed E-state index contributed by atoms with van der Waals surface area (Å²) in [6.07, 6.45) is 2.92. The third kappa shape index (κ3) is 2.68. The monoisotopic (exact) mass is 305 g/mol. The molecule has 1 aliphatic rings. The Kier molecular flexibility index (Phi) is 3.45. The summed E-state index contributed by atoms with van der Waals surface area (Å²) in [5.41, 5.74) is 1.03. The van der Waals surface area contributed by atoms with Crippen LogP contribution in [0.25, 0.3) is 0 Å². The van der Waals surface area contributed by atoms with Crippen molar-refractivity contribution in [1.29, 1.82) is 0 Å². The lowest BCUT2D eigenvalue weighted by Crippen LogP contribution is -2.32. The van der Waals surface area contributed by atoms with E-state index in [1.165, 1.54) is 18.0 Å². The van der Waals surface area contributed by atoms with Crippen molar-refractivity contribution >= 4 is 27.0 Å². The molecule has 0 fully saturated rings. The molecule has 102 valence electrons. The first-order valence-corrected chi connectivity index (χ1v) is 8.18. The summed E-state index contributed by atoms with van der Waals surface area (Å²) < 4.78 is 26.6. The molecule has 0 spiro atoms. The first-order chi connectivity index (χ1) is 9.65. The highest BCUT2D eigenvalue weighted by molar-refractivity contribution is 8.16. The molecule has 2 aromatic rings. The quantitative estimate of drug-likeness (QED) is 0.921. The number of nitrogens with one attached hydrogen (secondary N) is 1. The summed E-state index contributed by atoms with van der Waals surface area (Å²) >= 11 is 1.30. The first kappa shape index (κ1) is 13.1. The van der Waals surface area contributed by atoms with Crippen LogP contribution in [0, 0.1) is 0 Å². The summed E-state index contributed by atoms with van der Waals surface area (Å²) in [6.45, 7) is 0.437. The zero-order chi connectivity index (χ0) is 14.0. The molecule has 20 heavy (non-hydrogen) atoms. The molecular weight excluding hydrogens is 294 g/mol. The van der Waals surface area contributed by atoms with Gasteiger partial charge in [0.2, 0.25) is 0 Å². The molecular formula is C13H11N3O2S2. The Morgan fingerprint density at radius 1 is 1.20 bits per heavy atom. The topological polar surface area (TPSA) is 71.4 Å². The van der Waals surface area contributed by atoms with E-state index in [1.807, 2.05) is 30.3 Å². The maximum absolute atomic E-state index is 12.0. The minimum atomic E-state index is -3.56. The van der Waals surface area contributed by atoms with Crippen LogP contribution < -0.4 is 4.72 Å². The van der Waals surface area contributed by atoms with Gasteiger partial charge in [0.1, 0.15) is 4.90 Å². The van der Waals surface area contributed by atoms with Crippen molar-refractivity contribution < 1.29 is 8.42 Å². The van der Waals surface area contributed by atoms with Crippen LogP contribution in [-0.2, 0) is 16.6 Å². The lowest BCUT2D eigenvalue weighted by molar-refractivity contribution is 0.589. The van der Waals surface area contributed by atoms with E-state index in [-0.39, 0.29) is 4.90 Å². The van der Waals surface area contributed by atoms with Gasteiger partial charge in [0, 0.05) is 17.3 Å². The fourth-order valence-corrected chi connectivity index (χ4v) is 4.27.